The number of hydrogen-bond acceptors (Lipinski definition) is 3. The Morgan fingerprint density at radius 3 is 2.88 bits per heavy atom. The van der Waals surface area contributed by atoms with Gasteiger partial charge in [-0.25, -0.2) is 0 Å². The van der Waals surface area contributed by atoms with Gasteiger partial charge in [0.2, 0.25) is 0 Å². The fourth-order valence-corrected chi connectivity index (χ4v) is 3.73. The van der Waals surface area contributed by atoms with Crippen LogP contribution >= 0.6 is 0 Å². The van der Waals surface area contributed by atoms with Crippen LogP contribution in [0.25, 0.3) is 0 Å². The maximum atomic E-state index is 13.1. The van der Waals surface area contributed by atoms with Gasteiger partial charge in [0.25, 0.3) is 5.91 Å². The molecule has 2 aliphatic heterocycles. The third-order valence-corrected chi connectivity index (χ3v) is 5.23. The Labute approximate surface area is 145 Å². The average Bonchev–Trinajstić information content (AvgIpc) is 2.93. The van der Waals surface area contributed by atoms with Crippen LogP contribution in [0.5, 0.6) is 0 Å². The van der Waals surface area contributed by atoms with Crippen LogP contribution in [0.4, 0.5) is 5.69 Å². The summed E-state index contributed by atoms with van der Waals surface area (Å²) in [5, 5.41) is 0. The summed E-state index contributed by atoms with van der Waals surface area (Å²) < 4.78 is 5.83. The summed E-state index contributed by atoms with van der Waals surface area (Å²) in [6, 6.07) is 8.81. The molecule has 1 saturated heterocycles. The molecule has 1 amide bonds. The molecular weight excluding hydrogens is 300 g/mol. The molecule has 2 atom stereocenters. The van der Waals surface area contributed by atoms with Gasteiger partial charge in [-0.05, 0) is 50.3 Å². The van der Waals surface area contributed by atoms with Crippen LogP contribution in [0.3, 0.4) is 0 Å². The Morgan fingerprint density at radius 1 is 1.29 bits per heavy atom. The van der Waals surface area contributed by atoms with Crippen molar-refractivity contribution in [1.82, 2.24) is 4.90 Å². The largest absolute Gasteiger partial charge is 0.369 e. The molecule has 1 aromatic rings. The molecule has 0 bridgehead atoms. The Kier molecular flexibility index (Phi) is 5.57. The fraction of sp³-hybridized carbons (Fsp3) is 0.650. The lowest BCUT2D eigenvalue weighted by Crippen LogP contribution is -2.45. The van der Waals surface area contributed by atoms with E-state index in [0.717, 1.165) is 31.7 Å². The number of nitrogens with zero attached hydrogens (tertiary/aromatic N) is 2. The molecule has 1 fully saturated rings. The molecule has 0 saturated carbocycles. The van der Waals surface area contributed by atoms with E-state index in [0.29, 0.717) is 18.6 Å². The van der Waals surface area contributed by atoms with Crippen molar-refractivity contribution < 1.29 is 9.53 Å². The minimum Gasteiger partial charge on any atom is -0.369 e. The van der Waals surface area contributed by atoms with E-state index in [2.05, 4.69) is 36.9 Å². The van der Waals surface area contributed by atoms with Gasteiger partial charge in [0.1, 0.15) is 6.10 Å². The fourth-order valence-electron chi connectivity index (χ4n) is 3.73. The number of hydrogen-bond donors (Lipinski definition) is 0. The third-order valence-electron chi connectivity index (χ3n) is 5.23. The van der Waals surface area contributed by atoms with Crippen LogP contribution in [0.1, 0.15) is 45.6 Å². The average molecular weight is 330 g/mol. The standard InChI is InChI=1S/C20H30N2O2/c1-15(2)10-12-24-16(3)20(23)22-14-18-8-6-11-21(18)13-17-7-4-5-9-19(17)22/h4-5,7,9,15-16,18H,6,8,10-14H2,1-3H3/t16-,18+/m0/s1. The normalized spacial score (nSPS) is 22.2. The van der Waals surface area contributed by atoms with Gasteiger partial charge in [-0.1, -0.05) is 32.0 Å². The minimum atomic E-state index is -0.384. The lowest BCUT2D eigenvalue weighted by Gasteiger charge is -2.28. The molecule has 3 rings (SSSR count). The highest BCUT2D eigenvalue weighted by Crippen LogP contribution is 2.32. The smallest absolute Gasteiger partial charge is 0.255 e. The number of amides is 1. The number of para-hydroxylation sites is 1. The summed E-state index contributed by atoms with van der Waals surface area (Å²) in [4.78, 5) is 17.6. The van der Waals surface area contributed by atoms with Crippen molar-refractivity contribution in [2.45, 2.75) is 58.7 Å². The summed E-state index contributed by atoms with van der Waals surface area (Å²) in [6.07, 6.45) is 3.02. The number of carbonyl (C=O) groups excluding carboxylic acids is 1. The zero-order chi connectivity index (χ0) is 17.1. The van der Waals surface area contributed by atoms with Gasteiger partial charge >= 0.3 is 0 Å². The highest BCUT2D eigenvalue weighted by atomic mass is 16.5. The van der Waals surface area contributed by atoms with Crippen molar-refractivity contribution in [3.05, 3.63) is 29.8 Å². The lowest BCUT2D eigenvalue weighted by molar-refractivity contribution is -0.129. The second kappa shape index (κ2) is 7.66. The van der Waals surface area contributed by atoms with Gasteiger partial charge in [-0.2, -0.15) is 0 Å². The lowest BCUT2D eigenvalue weighted by atomic mass is 10.1. The highest BCUT2D eigenvalue weighted by molar-refractivity contribution is 5.97. The summed E-state index contributed by atoms with van der Waals surface area (Å²) in [6.45, 7) is 9.77. The maximum absolute atomic E-state index is 13.1. The zero-order valence-electron chi connectivity index (χ0n) is 15.2. The molecule has 24 heavy (non-hydrogen) atoms. The van der Waals surface area contributed by atoms with Crippen LogP contribution in [0.15, 0.2) is 24.3 Å². The monoisotopic (exact) mass is 330 g/mol. The predicted octanol–water partition coefficient (Wildman–Crippen LogP) is 3.45. The first-order valence-electron chi connectivity index (χ1n) is 9.31. The summed E-state index contributed by atoms with van der Waals surface area (Å²) in [5.74, 6) is 0.693. The second-order valence-electron chi connectivity index (χ2n) is 7.54. The Bertz CT molecular complexity index is 573. The van der Waals surface area contributed by atoms with E-state index in [9.17, 15) is 4.79 Å². The van der Waals surface area contributed by atoms with Crippen LogP contribution in [0.2, 0.25) is 0 Å². The van der Waals surface area contributed by atoms with Crippen molar-refractivity contribution in [2.24, 2.45) is 5.92 Å². The molecule has 0 radical (unpaired) electrons. The zero-order valence-corrected chi connectivity index (χ0v) is 15.2. The number of benzene rings is 1. The van der Waals surface area contributed by atoms with Gasteiger partial charge in [0.05, 0.1) is 0 Å². The molecule has 0 aliphatic carbocycles. The molecular formula is C20H30N2O2. The number of rotatable bonds is 5. The van der Waals surface area contributed by atoms with Gasteiger partial charge in [-0.15, -0.1) is 0 Å². The molecule has 0 N–H and O–H groups in total. The summed E-state index contributed by atoms with van der Waals surface area (Å²) in [5.41, 5.74) is 2.32. The SMILES string of the molecule is CC(C)CCO[C@@H](C)C(=O)N1C[C@H]2CCCN2Cc2ccccc21. The van der Waals surface area contributed by atoms with E-state index in [-0.39, 0.29) is 12.0 Å². The first-order valence-corrected chi connectivity index (χ1v) is 9.31. The number of carbonyl (C=O) groups is 1. The molecule has 2 heterocycles. The van der Waals surface area contributed by atoms with Crippen molar-refractivity contribution in [3.63, 3.8) is 0 Å². The van der Waals surface area contributed by atoms with Gasteiger partial charge < -0.3 is 9.64 Å². The summed E-state index contributed by atoms with van der Waals surface area (Å²) >= 11 is 0. The van der Waals surface area contributed by atoms with E-state index < -0.39 is 0 Å². The van der Waals surface area contributed by atoms with Crippen LogP contribution in [-0.4, -0.2) is 42.6 Å². The van der Waals surface area contributed by atoms with Crippen molar-refractivity contribution in [3.8, 4) is 0 Å². The Balaban J connectivity index is 1.76. The predicted molar refractivity (Wildman–Crippen MR) is 97.1 cm³/mol. The molecule has 0 aromatic heterocycles. The summed E-state index contributed by atoms with van der Waals surface area (Å²) in [7, 11) is 0. The second-order valence-corrected chi connectivity index (χ2v) is 7.54. The Hall–Kier alpha value is -1.39. The highest BCUT2D eigenvalue weighted by Gasteiger charge is 2.34. The number of fused-ring (bicyclic) bond motifs is 2. The van der Waals surface area contributed by atoms with E-state index in [1.165, 1.54) is 18.4 Å². The molecule has 132 valence electrons. The van der Waals surface area contributed by atoms with E-state index in [1.807, 2.05) is 17.9 Å². The van der Waals surface area contributed by atoms with E-state index >= 15 is 0 Å². The number of ether oxygens (including phenoxy) is 1. The quantitative estimate of drug-likeness (QED) is 0.829. The molecule has 4 nitrogen and oxygen atoms in total. The van der Waals surface area contributed by atoms with Crippen molar-refractivity contribution in [2.75, 3.05) is 24.6 Å². The van der Waals surface area contributed by atoms with Crippen molar-refractivity contribution >= 4 is 11.6 Å². The molecule has 0 spiro atoms. The maximum Gasteiger partial charge on any atom is 0.255 e. The van der Waals surface area contributed by atoms with Gasteiger partial charge in [0, 0.05) is 31.4 Å². The first-order chi connectivity index (χ1) is 11.6. The van der Waals surface area contributed by atoms with Crippen LogP contribution < -0.4 is 4.90 Å². The minimum absolute atomic E-state index is 0.0972. The van der Waals surface area contributed by atoms with E-state index in [1.54, 1.807) is 0 Å². The molecule has 4 heteroatoms. The van der Waals surface area contributed by atoms with Crippen molar-refractivity contribution in [1.29, 1.82) is 0 Å². The Morgan fingerprint density at radius 2 is 2.08 bits per heavy atom. The van der Waals surface area contributed by atoms with Crippen LogP contribution in [0, 0.1) is 5.92 Å². The third kappa shape index (κ3) is 3.81. The first kappa shape index (κ1) is 17.4. The topological polar surface area (TPSA) is 32.8 Å². The molecule has 2 aliphatic rings. The van der Waals surface area contributed by atoms with Gasteiger partial charge in [-0.3, -0.25) is 9.69 Å². The van der Waals surface area contributed by atoms with E-state index in [4.69, 9.17) is 4.74 Å². The van der Waals surface area contributed by atoms with Crippen LogP contribution in [-0.2, 0) is 16.1 Å². The molecule has 1 aromatic carbocycles. The number of anilines is 1. The molecule has 0 unspecified atom stereocenters. The van der Waals surface area contributed by atoms with Gasteiger partial charge in [0.15, 0.2) is 0 Å².